The van der Waals surface area contributed by atoms with Crippen molar-refractivity contribution in [1.29, 1.82) is 0 Å². The summed E-state index contributed by atoms with van der Waals surface area (Å²) in [4.78, 5) is 12.3. The van der Waals surface area contributed by atoms with E-state index in [0.29, 0.717) is 17.6 Å². The first-order valence-electron chi connectivity index (χ1n) is 8.37. The van der Waals surface area contributed by atoms with Gasteiger partial charge in [-0.3, -0.25) is 0 Å². The molecule has 2 aromatic carbocycles. The number of carbonyl (C=O) groups is 1. The van der Waals surface area contributed by atoms with Crippen molar-refractivity contribution in [2.45, 2.75) is 31.7 Å². The molecule has 1 heterocycles. The molecular formula is C20H21NO2. The Morgan fingerprint density at radius 1 is 1.09 bits per heavy atom. The second-order valence-corrected chi connectivity index (χ2v) is 6.66. The molecule has 3 nitrogen and oxygen atoms in total. The molecule has 1 aliphatic heterocycles. The predicted molar refractivity (Wildman–Crippen MR) is 89.3 cm³/mol. The van der Waals surface area contributed by atoms with Gasteiger partial charge >= 0.3 is 6.09 Å². The summed E-state index contributed by atoms with van der Waals surface area (Å²) in [6.07, 6.45) is 3.38. The highest BCUT2D eigenvalue weighted by atomic mass is 16.6. The molecule has 1 aliphatic carbocycles. The molecule has 118 valence electrons. The van der Waals surface area contributed by atoms with Gasteiger partial charge in [-0.2, -0.15) is 0 Å². The van der Waals surface area contributed by atoms with Crippen LogP contribution in [0.25, 0.3) is 0 Å². The number of nitrogens with one attached hydrogen (secondary N) is 1. The molecule has 2 aliphatic rings. The zero-order chi connectivity index (χ0) is 15.9. The lowest BCUT2D eigenvalue weighted by Gasteiger charge is -2.48. The molecule has 0 spiro atoms. The lowest BCUT2D eigenvalue weighted by Crippen LogP contribution is -2.57. The summed E-state index contributed by atoms with van der Waals surface area (Å²) in [5, 5.41) is 3.19. The number of benzene rings is 2. The molecule has 2 atom stereocenters. The Bertz CT molecular complexity index is 723. The van der Waals surface area contributed by atoms with E-state index in [1.165, 1.54) is 19.3 Å². The monoisotopic (exact) mass is 307 g/mol. The van der Waals surface area contributed by atoms with E-state index in [4.69, 9.17) is 4.74 Å². The maximum atomic E-state index is 12.3. The van der Waals surface area contributed by atoms with E-state index in [9.17, 15) is 4.79 Å². The van der Waals surface area contributed by atoms with Crippen LogP contribution in [0.15, 0.2) is 54.6 Å². The number of amides is 1. The van der Waals surface area contributed by atoms with Crippen LogP contribution in [0.3, 0.4) is 0 Å². The predicted octanol–water partition coefficient (Wildman–Crippen LogP) is 4.47. The van der Waals surface area contributed by atoms with Gasteiger partial charge in [0.05, 0.1) is 0 Å². The fourth-order valence-electron chi connectivity index (χ4n) is 4.08. The first-order valence-corrected chi connectivity index (χ1v) is 8.37. The summed E-state index contributed by atoms with van der Waals surface area (Å²) < 4.78 is 5.44. The zero-order valence-corrected chi connectivity index (χ0v) is 13.3. The van der Waals surface area contributed by atoms with Gasteiger partial charge in [0.25, 0.3) is 0 Å². The number of carbonyl (C=O) groups excluding carboxylic acids is 1. The van der Waals surface area contributed by atoms with Gasteiger partial charge in [0, 0.05) is 5.56 Å². The standard InChI is InChI=1S/C20H21NO2/c1-14(15-8-7-9-15)20(16-10-3-2-4-11-16)17-12-5-6-13-18(17)23-19(22)21-20/h2-6,10-15H,7-9H2,1H3,(H,21,22). The van der Waals surface area contributed by atoms with Crippen LogP contribution in [0.4, 0.5) is 4.79 Å². The quantitative estimate of drug-likeness (QED) is 0.908. The maximum Gasteiger partial charge on any atom is 0.413 e. The topological polar surface area (TPSA) is 38.3 Å². The molecule has 2 unspecified atom stereocenters. The third-order valence-electron chi connectivity index (χ3n) is 5.58. The van der Waals surface area contributed by atoms with Crippen LogP contribution in [0.5, 0.6) is 5.75 Å². The van der Waals surface area contributed by atoms with Crippen molar-refractivity contribution in [2.24, 2.45) is 11.8 Å². The summed E-state index contributed by atoms with van der Waals surface area (Å²) in [6, 6.07) is 18.2. The van der Waals surface area contributed by atoms with E-state index in [2.05, 4.69) is 30.4 Å². The Balaban J connectivity index is 1.94. The highest BCUT2D eigenvalue weighted by molar-refractivity contribution is 5.77. The number of para-hydroxylation sites is 1. The molecule has 2 aromatic rings. The Hall–Kier alpha value is -2.29. The third-order valence-corrected chi connectivity index (χ3v) is 5.58. The highest BCUT2D eigenvalue weighted by Crippen LogP contribution is 2.50. The van der Waals surface area contributed by atoms with Crippen LogP contribution in [0, 0.1) is 11.8 Å². The third kappa shape index (κ3) is 2.14. The minimum Gasteiger partial charge on any atom is -0.410 e. The fourth-order valence-corrected chi connectivity index (χ4v) is 4.08. The van der Waals surface area contributed by atoms with Gasteiger partial charge in [-0.1, -0.05) is 74.7 Å². The second-order valence-electron chi connectivity index (χ2n) is 6.66. The Kier molecular flexibility index (Phi) is 3.37. The van der Waals surface area contributed by atoms with Gasteiger partial charge < -0.3 is 10.1 Å². The van der Waals surface area contributed by atoms with E-state index < -0.39 is 5.54 Å². The summed E-state index contributed by atoms with van der Waals surface area (Å²) >= 11 is 0. The van der Waals surface area contributed by atoms with Crippen molar-refractivity contribution in [1.82, 2.24) is 5.32 Å². The van der Waals surface area contributed by atoms with Gasteiger partial charge in [0.15, 0.2) is 0 Å². The van der Waals surface area contributed by atoms with Gasteiger partial charge in [-0.15, -0.1) is 0 Å². The van der Waals surface area contributed by atoms with Gasteiger partial charge in [-0.25, -0.2) is 4.79 Å². The molecule has 3 heteroatoms. The molecule has 1 saturated carbocycles. The minimum absolute atomic E-state index is 0.313. The van der Waals surface area contributed by atoms with Crippen molar-refractivity contribution in [3.63, 3.8) is 0 Å². The van der Waals surface area contributed by atoms with Gasteiger partial charge in [0.1, 0.15) is 11.3 Å². The summed E-state index contributed by atoms with van der Waals surface area (Å²) in [6.45, 7) is 2.26. The van der Waals surface area contributed by atoms with Crippen molar-refractivity contribution >= 4 is 6.09 Å². The van der Waals surface area contributed by atoms with E-state index in [1.807, 2.05) is 36.4 Å². The highest BCUT2D eigenvalue weighted by Gasteiger charge is 2.49. The Morgan fingerprint density at radius 3 is 2.48 bits per heavy atom. The van der Waals surface area contributed by atoms with E-state index in [1.54, 1.807) is 0 Å². The van der Waals surface area contributed by atoms with Crippen molar-refractivity contribution in [2.75, 3.05) is 0 Å². The SMILES string of the molecule is CC(C1CCC1)C1(c2ccccc2)NC(=O)Oc2ccccc21. The number of rotatable bonds is 3. The summed E-state index contributed by atoms with van der Waals surface area (Å²) in [5.74, 6) is 1.61. The molecule has 4 rings (SSSR count). The molecule has 23 heavy (non-hydrogen) atoms. The van der Waals surface area contributed by atoms with Crippen LogP contribution in [-0.2, 0) is 5.54 Å². The van der Waals surface area contributed by atoms with E-state index >= 15 is 0 Å². The Labute approximate surface area is 136 Å². The minimum atomic E-state index is -0.516. The second kappa shape index (κ2) is 5.41. The summed E-state index contributed by atoms with van der Waals surface area (Å²) in [5.41, 5.74) is 1.67. The zero-order valence-electron chi connectivity index (χ0n) is 13.3. The maximum absolute atomic E-state index is 12.3. The molecule has 1 N–H and O–H groups in total. The largest absolute Gasteiger partial charge is 0.413 e. The molecule has 1 amide bonds. The van der Waals surface area contributed by atoms with Crippen LogP contribution >= 0.6 is 0 Å². The lowest BCUT2D eigenvalue weighted by molar-refractivity contribution is 0.109. The Morgan fingerprint density at radius 2 is 1.78 bits per heavy atom. The average Bonchev–Trinajstić information content (AvgIpc) is 2.53. The number of hydrogen-bond donors (Lipinski definition) is 1. The van der Waals surface area contributed by atoms with Crippen LogP contribution in [-0.4, -0.2) is 6.09 Å². The van der Waals surface area contributed by atoms with Crippen molar-refractivity contribution in [3.8, 4) is 5.75 Å². The first-order chi connectivity index (χ1) is 11.2. The van der Waals surface area contributed by atoms with Gasteiger partial charge in [0.2, 0.25) is 0 Å². The molecule has 0 aromatic heterocycles. The van der Waals surface area contributed by atoms with Crippen molar-refractivity contribution < 1.29 is 9.53 Å². The normalized spacial score (nSPS) is 24.8. The molecule has 0 radical (unpaired) electrons. The lowest BCUT2D eigenvalue weighted by atomic mass is 9.63. The van der Waals surface area contributed by atoms with Crippen molar-refractivity contribution in [3.05, 3.63) is 65.7 Å². The fraction of sp³-hybridized carbons (Fsp3) is 0.350. The van der Waals surface area contributed by atoms with E-state index in [0.717, 1.165) is 11.1 Å². The molecule has 0 saturated heterocycles. The number of fused-ring (bicyclic) bond motifs is 1. The molecule has 0 bridgehead atoms. The number of ether oxygens (including phenoxy) is 1. The van der Waals surface area contributed by atoms with E-state index in [-0.39, 0.29) is 6.09 Å². The number of hydrogen-bond acceptors (Lipinski definition) is 2. The van der Waals surface area contributed by atoms with Crippen LogP contribution < -0.4 is 10.1 Å². The average molecular weight is 307 g/mol. The van der Waals surface area contributed by atoms with Gasteiger partial charge in [-0.05, 0) is 23.5 Å². The smallest absolute Gasteiger partial charge is 0.410 e. The first kappa shape index (κ1) is 14.3. The summed E-state index contributed by atoms with van der Waals surface area (Å²) in [7, 11) is 0. The molecule has 1 fully saturated rings. The molecular weight excluding hydrogens is 286 g/mol. The van der Waals surface area contributed by atoms with Crippen LogP contribution in [0.1, 0.15) is 37.3 Å². The van der Waals surface area contributed by atoms with Crippen LogP contribution in [0.2, 0.25) is 0 Å².